The van der Waals surface area contributed by atoms with Crippen LogP contribution in [0.4, 0.5) is 0 Å². The van der Waals surface area contributed by atoms with Gasteiger partial charge in [0.2, 0.25) is 0 Å². The van der Waals surface area contributed by atoms with Crippen molar-refractivity contribution in [1.82, 2.24) is 20.1 Å². The van der Waals surface area contributed by atoms with Crippen LogP contribution in [0.25, 0.3) is 0 Å². The van der Waals surface area contributed by atoms with Crippen molar-refractivity contribution in [3.8, 4) is 6.07 Å². The first-order chi connectivity index (χ1) is 9.65. The Morgan fingerprint density at radius 2 is 2.30 bits per heavy atom. The van der Waals surface area contributed by atoms with E-state index in [4.69, 9.17) is 5.26 Å². The average molecular weight is 269 g/mol. The Balaban J connectivity index is 2.13. The highest BCUT2D eigenvalue weighted by atomic mass is 16.1. The van der Waals surface area contributed by atoms with E-state index in [1.807, 2.05) is 26.1 Å². The van der Waals surface area contributed by atoms with Crippen LogP contribution >= 0.6 is 0 Å². The summed E-state index contributed by atoms with van der Waals surface area (Å²) in [5.74, 6) is -0.213. The van der Waals surface area contributed by atoms with Crippen molar-refractivity contribution in [2.24, 2.45) is 7.05 Å². The number of carbonyl (C=O) groups excluding carboxylic acids is 1. The lowest BCUT2D eigenvalue weighted by Crippen LogP contribution is -2.29. The summed E-state index contributed by atoms with van der Waals surface area (Å²) in [6.07, 6.45) is 3.87. The maximum absolute atomic E-state index is 12.2. The van der Waals surface area contributed by atoms with E-state index >= 15 is 0 Å². The van der Waals surface area contributed by atoms with Gasteiger partial charge in [-0.1, -0.05) is 6.92 Å². The van der Waals surface area contributed by atoms with Crippen LogP contribution in [0.3, 0.4) is 0 Å². The Morgan fingerprint density at radius 1 is 1.50 bits per heavy atom. The number of aromatic nitrogens is 3. The van der Waals surface area contributed by atoms with Gasteiger partial charge >= 0.3 is 0 Å². The smallest absolute Gasteiger partial charge is 0.253 e. The van der Waals surface area contributed by atoms with Crippen molar-refractivity contribution in [2.75, 3.05) is 0 Å². The van der Waals surface area contributed by atoms with Crippen molar-refractivity contribution in [1.29, 1.82) is 5.26 Å². The average Bonchev–Trinajstić information content (AvgIpc) is 2.90. The van der Waals surface area contributed by atoms with Crippen molar-refractivity contribution in [3.05, 3.63) is 47.5 Å². The molecular formula is C14H15N5O. The van der Waals surface area contributed by atoms with E-state index in [0.717, 1.165) is 12.1 Å². The summed E-state index contributed by atoms with van der Waals surface area (Å²) in [5.41, 5.74) is 1.67. The van der Waals surface area contributed by atoms with E-state index in [1.165, 1.54) is 12.3 Å². The molecule has 0 radical (unpaired) electrons. The third kappa shape index (κ3) is 2.83. The molecule has 0 aliphatic rings. The van der Waals surface area contributed by atoms with E-state index in [1.54, 1.807) is 16.9 Å². The fourth-order valence-electron chi connectivity index (χ4n) is 1.95. The highest BCUT2D eigenvalue weighted by Gasteiger charge is 2.16. The molecule has 6 heteroatoms. The molecule has 2 rings (SSSR count). The molecular weight excluding hydrogens is 254 g/mol. The second-order valence-electron chi connectivity index (χ2n) is 4.36. The van der Waals surface area contributed by atoms with Gasteiger partial charge in [0.05, 0.1) is 17.3 Å². The molecule has 0 spiro atoms. The summed E-state index contributed by atoms with van der Waals surface area (Å²) in [4.78, 5) is 16.0. The fraction of sp³-hybridized carbons (Fsp3) is 0.286. The van der Waals surface area contributed by atoms with Crippen LogP contribution in [0, 0.1) is 11.3 Å². The van der Waals surface area contributed by atoms with Gasteiger partial charge in [-0.2, -0.15) is 10.4 Å². The second-order valence-corrected chi connectivity index (χ2v) is 4.36. The van der Waals surface area contributed by atoms with Crippen LogP contribution in [-0.4, -0.2) is 20.7 Å². The first-order valence-corrected chi connectivity index (χ1v) is 6.30. The molecule has 1 amide bonds. The van der Waals surface area contributed by atoms with Gasteiger partial charge in [-0.05, 0) is 24.6 Å². The molecule has 0 aliphatic carbocycles. The minimum absolute atomic E-state index is 0.106. The first-order valence-electron chi connectivity index (χ1n) is 6.30. The summed E-state index contributed by atoms with van der Waals surface area (Å²) in [6, 6.07) is 6.82. The summed E-state index contributed by atoms with van der Waals surface area (Å²) >= 11 is 0. The number of nitrogens with zero attached hydrogens (tertiary/aromatic N) is 4. The second kappa shape index (κ2) is 5.97. The highest BCUT2D eigenvalue weighted by Crippen LogP contribution is 2.16. The number of amides is 1. The number of hydrogen-bond donors (Lipinski definition) is 1. The Hall–Kier alpha value is -2.68. The molecule has 0 fully saturated rings. The third-order valence-corrected chi connectivity index (χ3v) is 3.07. The number of aryl methyl sites for hydroxylation is 1. The van der Waals surface area contributed by atoms with Gasteiger partial charge in [-0.3, -0.25) is 9.48 Å². The fourth-order valence-corrected chi connectivity index (χ4v) is 1.95. The monoisotopic (exact) mass is 269 g/mol. The minimum atomic E-state index is -0.213. The van der Waals surface area contributed by atoms with Gasteiger partial charge in [0.25, 0.3) is 5.91 Å². The SMILES string of the molecule is CCC(NC(=O)c1ccc(C#N)nc1)c1ccnn1C. The lowest BCUT2D eigenvalue weighted by Gasteiger charge is -2.17. The number of nitrogens with one attached hydrogen (secondary N) is 1. The first kappa shape index (κ1) is 13.7. The summed E-state index contributed by atoms with van der Waals surface area (Å²) < 4.78 is 1.74. The molecule has 0 bridgehead atoms. The predicted molar refractivity (Wildman–Crippen MR) is 72.7 cm³/mol. The molecule has 0 aromatic carbocycles. The van der Waals surface area contributed by atoms with Crippen LogP contribution in [0.1, 0.15) is 41.1 Å². The molecule has 2 aromatic heterocycles. The largest absolute Gasteiger partial charge is 0.344 e. The van der Waals surface area contributed by atoms with E-state index in [2.05, 4.69) is 15.4 Å². The molecule has 0 aliphatic heterocycles. The van der Waals surface area contributed by atoms with E-state index in [0.29, 0.717) is 11.3 Å². The molecule has 1 unspecified atom stereocenters. The van der Waals surface area contributed by atoms with Crippen LogP contribution < -0.4 is 5.32 Å². The lowest BCUT2D eigenvalue weighted by molar-refractivity contribution is 0.0933. The molecule has 1 atom stereocenters. The molecule has 6 nitrogen and oxygen atoms in total. The Labute approximate surface area is 117 Å². The van der Waals surface area contributed by atoms with Gasteiger partial charge in [0.1, 0.15) is 11.8 Å². The topological polar surface area (TPSA) is 83.6 Å². The molecule has 1 N–H and O–H groups in total. The molecule has 0 saturated carbocycles. The quantitative estimate of drug-likeness (QED) is 0.913. The van der Waals surface area contributed by atoms with Gasteiger partial charge in [-0.15, -0.1) is 0 Å². The maximum Gasteiger partial charge on any atom is 0.253 e. The number of nitriles is 1. The van der Waals surface area contributed by atoms with Gasteiger partial charge < -0.3 is 5.32 Å². The molecule has 2 heterocycles. The highest BCUT2D eigenvalue weighted by molar-refractivity contribution is 5.94. The van der Waals surface area contributed by atoms with Crippen molar-refractivity contribution >= 4 is 5.91 Å². The zero-order chi connectivity index (χ0) is 14.5. The van der Waals surface area contributed by atoms with Gasteiger partial charge in [-0.25, -0.2) is 4.98 Å². The molecule has 102 valence electrons. The van der Waals surface area contributed by atoms with Gasteiger partial charge in [0.15, 0.2) is 0 Å². The van der Waals surface area contributed by atoms with Gasteiger partial charge in [0, 0.05) is 19.4 Å². The van der Waals surface area contributed by atoms with Crippen molar-refractivity contribution < 1.29 is 4.79 Å². The van der Waals surface area contributed by atoms with Crippen LogP contribution in [0.2, 0.25) is 0 Å². The lowest BCUT2D eigenvalue weighted by atomic mass is 10.1. The van der Waals surface area contributed by atoms with Crippen LogP contribution in [0.15, 0.2) is 30.6 Å². The summed E-state index contributed by atoms with van der Waals surface area (Å²) in [5, 5.41) is 15.7. The molecule has 2 aromatic rings. The number of carbonyl (C=O) groups is 1. The summed E-state index contributed by atoms with van der Waals surface area (Å²) in [6.45, 7) is 2.00. The standard InChI is InChI=1S/C14H15N5O/c1-3-12(13-6-7-17-19(13)2)18-14(20)10-4-5-11(8-15)16-9-10/h4-7,9,12H,3H2,1-2H3,(H,18,20). The van der Waals surface area contributed by atoms with E-state index in [-0.39, 0.29) is 11.9 Å². The van der Waals surface area contributed by atoms with Crippen molar-refractivity contribution in [3.63, 3.8) is 0 Å². The zero-order valence-corrected chi connectivity index (χ0v) is 11.4. The Bertz CT molecular complexity index is 638. The Morgan fingerprint density at radius 3 is 2.80 bits per heavy atom. The summed E-state index contributed by atoms with van der Waals surface area (Å²) in [7, 11) is 1.84. The predicted octanol–water partition coefficient (Wildman–Crippen LogP) is 1.57. The third-order valence-electron chi connectivity index (χ3n) is 3.07. The minimum Gasteiger partial charge on any atom is -0.344 e. The zero-order valence-electron chi connectivity index (χ0n) is 11.4. The number of pyridine rings is 1. The molecule has 0 saturated heterocycles. The van der Waals surface area contributed by atoms with E-state index in [9.17, 15) is 4.79 Å². The maximum atomic E-state index is 12.2. The normalized spacial score (nSPS) is 11.7. The van der Waals surface area contributed by atoms with E-state index < -0.39 is 0 Å². The molecule has 20 heavy (non-hydrogen) atoms. The number of hydrogen-bond acceptors (Lipinski definition) is 4. The van der Waals surface area contributed by atoms with Crippen LogP contribution in [-0.2, 0) is 7.05 Å². The van der Waals surface area contributed by atoms with Crippen LogP contribution in [0.5, 0.6) is 0 Å². The Kier molecular flexibility index (Phi) is 4.11. The number of rotatable bonds is 4. The van der Waals surface area contributed by atoms with Crippen molar-refractivity contribution in [2.45, 2.75) is 19.4 Å².